The van der Waals surface area contributed by atoms with Gasteiger partial charge in [-0.05, 0) is 18.4 Å². The molecule has 1 unspecified atom stereocenters. The topological polar surface area (TPSA) is 49.3 Å². The van der Waals surface area contributed by atoms with Crippen LogP contribution in [0, 0.1) is 0 Å². The van der Waals surface area contributed by atoms with Gasteiger partial charge in [0, 0.05) is 6.54 Å². The van der Waals surface area contributed by atoms with E-state index < -0.39 is 0 Å². The van der Waals surface area contributed by atoms with Crippen LogP contribution in [0.3, 0.4) is 0 Å². The number of hydrogen-bond donors (Lipinski definition) is 2. The van der Waals surface area contributed by atoms with Crippen molar-refractivity contribution in [2.45, 2.75) is 32.3 Å². The number of carbonyl (C=O) groups excluding carboxylic acids is 1. The minimum absolute atomic E-state index is 0.00880. The van der Waals surface area contributed by atoms with Gasteiger partial charge in [0.2, 0.25) is 5.91 Å². The second-order valence-electron chi connectivity index (χ2n) is 3.86. The quantitative estimate of drug-likeness (QED) is 0.765. The molecule has 1 atom stereocenters. The lowest BCUT2D eigenvalue weighted by atomic mass is 10.1. The molecule has 1 aromatic rings. The Labute approximate surface area is 96.5 Å². The molecular formula is C13H19NO2. The van der Waals surface area contributed by atoms with Crippen LogP contribution in [0.15, 0.2) is 30.3 Å². The summed E-state index contributed by atoms with van der Waals surface area (Å²) >= 11 is 0. The number of carbonyl (C=O) groups is 1. The Balaban J connectivity index is 2.21. The Bertz CT molecular complexity index is 311. The zero-order valence-corrected chi connectivity index (χ0v) is 9.65. The van der Waals surface area contributed by atoms with E-state index >= 15 is 0 Å². The standard InChI is InChI=1S/C13H19NO2/c1-2-12(15)8-9-14-13(16)10-11-6-4-3-5-7-11/h3-7,12,15H,2,8-10H2,1H3,(H,14,16). The van der Waals surface area contributed by atoms with Crippen LogP contribution in [0.1, 0.15) is 25.3 Å². The first kappa shape index (κ1) is 12.7. The molecule has 0 aliphatic heterocycles. The predicted octanol–water partition coefficient (Wildman–Crippen LogP) is 1.51. The van der Waals surface area contributed by atoms with Crippen molar-refractivity contribution in [3.05, 3.63) is 35.9 Å². The van der Waals surface area contributed by atoms with E-state index in [0.717, 1.165) is 12.0 Å². The maximum Gasteiger partial charge on any atom is 0.224 e. The van der Waals surface area contributed by atoms with Gasteiger partial charge >= 0.3 is 0 Å². The van der Waals surface area contributed by atoms with Gasteiger partial charge in [-0.15, -0.1) is 0 Å². The highest BCUT2D eigenvalue weighted by Crippen LogP contribution is 1.99. The first-order valence-electron chi connectivity index (χ1n) is 5.71. The minimum Gasteiger partial charge on any atom is -0.393 e. The third kappa shape index (κ3) is 4.94. The van der Waals surface area contributed by atoms with E-state index in [1.165, 1.54) is 0 Å². The normalized spacial score (nSPS) is 12.1. The van der Waals surface area contributed by atoms with Crippen molar-refractivity contribution in [3.8, 4) is 0 Å². The summed E-state index contributed by atoms with van der Waals surface area (Å²) in [5.41, 5.74) is 1.01. The maximum absolute atomic E-state index is 11.5. The first-order chi connectivity index (χ1) is 7.72. The molecule has 0 aromatic heterocycles. The molecule has 1 aromatic carbocycles. The number of aliphatic hydroxyl groups excluding tert-OH is 1. The predicted molar refractivity (Wildman–Crippen MR) is 64.1 cm³/mol. The fourth-order valence-corrected chi connectivity index (χ4v) is 1.43. The van der Waals surface area contributed by atoms with E-state index in [1.54, 1.807) is 0 Å². The Morgan fingerprint density at radius 1 is 1.38 bits per heavy atom. The van der Waals surface area contributed by atoms with Crippen molar-refractivity contribution in [1.29, 1.82) is 0 Å². The van der Waals surface area contributed by atoms with Crippen LogP contribution in [0.25, 0.3) is 0 Å². The lowest BCUT2D eigenvalue weighted by Gasteiger charge is -2.08. The molecule has 0 bridgehead atoms. The molecule has 3 nitrogen and oxygen atoms in total. The van der Waals surface area contributed by atoms with Crippen molar-refractivity contribution >= 4 is 5.91 Å². The van der Waals surface area contributed by atoms with E-state index in [-0.39, 0.29) is 12.0 Å². The van der Waals surface area contributed by atoms with Crippen molar-refractivity contribution in [3.63, 3.8) is 0 Å². The largest absolute Gasteiger partial charge is 0.393 e. The summed E-state index contributed by atoms with van der Waals surface area (Å²) in [5, 5.41) is 12.1. The summed E-state index contributed by atoms with van der Waals surface area (Å²) in [4.78, 5) is 11.5. The second kappa shape index (κ2) is 7.01. The smallest absolute Gasteiger partial charge is 0.224 e. The molecule has 0 aliphatic rings. The lowest BCUT2D eigenvalue weighted by molar-refractivity contribution is -0.120. The van der Waals surface area contributed by atoms with Gasteiger partial charge in [0.1, 0.15) is 0 Å². The van der Waals surface area contributed by atoms with Crippen LogP contribution >= 0.6 is 0 Å². The monoisotopic (exact) mass is 221 g/mol. The average Bonchev–Trinajstić information content (AvgIpc) is 2.30. The molecule has 0 spiro atoms. The molecule has 3 heteroatoms. The van der Waals surface area contributed by atoms with Gasteiger partial charge in [-0.25, -0.2) is 0 Å². The first-order valence-corrected chi connectivity index (χ1v) is 5.71. The summed E-state index contributed by atoms with van der Waals surface area (Å²) in [7, 11) is 0. The van der Waals surface area contributed by atoms with Crippen LogP contribution in [-0.2, 0) is 11.2 Å². The van der Waals surface area contributed by atoms with Gasteiger partial charge in [0.05, 0.1) is 12.5 Å². The van der Waals surface area contributed by atoms with Gasteiger partial charge < -0.3 is 10.4 Å². The molecule has 1 rings (SSSR count). The third-order valence-corrected chi connectivity index (χ3v) is 2.48. The Morgan fingerprint density at radius 3 is 2.69 bits per heavy atom. The highest BCUT2D eigenvalue weighted by atomic mass is 16.3. The van der Waals surface area contributed by atoms with E-state index in [9.17, 15) is 9.90 Å². The van der Waals surface area contributed by atoms with Gasteiger partial charge in [-0.3, -0.25) is 4.79 Å². The number of amides is 1. The van der Waals surface area contributed by atoms with E-state index in [1.807, 2.05) is 37.3 Å². The zero-order valence-electron chi connectivity index (χ0n) is 9.65. The average molecular weight is 221 g/mol. The van der Waals surface area contributed by atoms with Crippen molar-refractivity contribution < 1.29 is 9.90 Å². The van der Waals surface area contributed by atoms with Gasteiger partial charge in [-0.2, -0.15) is 0 Å². The number of nitrogens with one attached hydrogen (secondary N) is 1. The van der Waals surface area contributed by atoms with Gasteiger partial charge in [0.25, 0.3) is 0 Å². The molecule has 0 saturated heterocycles. The summed E-state index contributed by atoms with van der Waals surface area (Å²) < 4.78 is 0. The number of aliphatic hydroxyl groups is 1. The van der Waals surface area contributed by atoms with Crippen LogP contribution in [0.2, 0.25) is 0 Å². The van der Waals surface area contributed by atoms with Crippen LogP contribution in [-0.4, -0.2) is 23.7 Å². The highest BCUT2D eigenvalue weighted by molar-refractivity contribution is 5.78. The minimum atomic E-state index is -0.308. The van der Waals surface area contributed by atoms with E-state index in [2.05, 4.69) is 5.32 Å². The summed E-state index contributed by atoms with van der Waals surface area (Å²) in [5.74, 6) is 0.00880. The summed E-state index contributed by atoms with van der Waals surface area (Å²) in [6, 6.07) is 9.63. The van der Waals surface area contributed by atoms with Crippen LogP contribution in [0.5, 0.6) is 0 Å². The van der Waals surface area contributed by atoms with E-state index in [0.29, 0.717) is 19.4 Å². The number of benzene rings is 1. The maximum atomic E-state index is 11.5. The fraction of sp³-hybridized carbons (Fsp3) is 0.462. The highest BCUT2D eigenvalue weighted by Gasteiger charge is 2.04. The molecule has 88 valence electrons. The molecule has 2 N–H and O–H groups in total. The Morgan fingerprint density at radius 2 is 2.06 bits per heavy atom. The fourth-order valence-electron chi connectivity index (χ4n) is 1.43. The van der Waals surface area contributed by atoms with Crippen molar-refractivity contribution in [2.75, 3.05) is 6.54 Å². The summed E-state index contributed by atoms with van der Waals surface area (Å²) in [6.07, 6.45) is 1.45. The molecular weight excluding hydrogens is 202 g/mol. The number of rotatable bonds is 6. The van der Waals surface area contributed by atoms with E-state index in [4.69, 9.17) is 0 Å². The van der Waals surface area contributed by atoms with Crippen LogP contribution in [0.4, 0.5) is 0 Å². The van der Waals surface area contributed by atoms with Crippen LogP contribution < -0.4 is 5.32 Å². The van der Waals surface area contributed by atoms with Crippen molar-refractivity contribution in [1.82, 2.24) is 5.32 Å². The Kier molecular flexibility index (Phi) is 5.57. The van der Waals surface area contributed by atoms with Gasteiger partial charge in [0.15, 0.2) is 0 Å². The molecule has 0 heterocycles. The summed E-state index contributed by atoms with van der Waals surface area (Å²) in [6.45, 7) is 2.47. The third-order valence-electron chi connectivity index (χ3n) is 2.48. The molecule has 16 heavy (non-hydrogen) atoms. The molecule has 0 radical (unpaired) electrons. The number of hydrogen-bond acceptors (Lipinski definition) is 2. The van der Waals surface area contributed by atoms with Crippen molar-refractivity contribution in [2.24, 2.45) is 0 Å². The molecule has 0 aliphatic carbocycles. The molecule has 0 fully saturated rings. The SMILES string of the molecule is CCC(O)CCNC(=O)Cc1ccccc1. The molecule has 0 saturated carbocycles. The molecule has 1 amide bonds. The van der Waals surface area contributed by atoms with Gasteiger partial charge in [-0.1, -0.05) is 37.3 Å². The zero-order chi connectivity index (χ0) is 11.8. The second-order valence-corrected chi connectivity index (χ2v) is 3.86. The Hall–Kier alpha value is -1.35. The lowest BCUT2D eigenvalue weighted by Crippen LogP contribution is -2.28.